The zero-order chi connectivity index (χ0) is 12.0. The number of ether oxygens (including phenoxy) is 1. The van der Waals surface area contributed by atoms with Crippen molar-refractivity contribution in [3.63, 3.8) is 0 Å². The average Bonchev–Trinajstić information content (AvgIpc) is 2.27. The number of anilines is 1. The first-order chi connectivity index (χ1) is 7.63. The molecule has 0 fully saturated rings. The van der Waals surface area contributed by atoms with Crippen LogP contribution in [0.25, 0.3) is 0 Å². The number of nitrogens with one attached hydrogen (secondary N) is 1. The van der Waals surface area contributed by atoms with Crippen LogP contribution in [0.5, 0.6) is 5.75 Å². The number of carbonyl (C=O) groups excluding carboxylic acids is 2. The summed E-state index contributed by atoms with van der Waals surface area (Å²) in [7, 11) is 1.47. The van der Waals surface area contributed by atoms with Crippen molar-refractivity contribution in [3.05, 3.63) is 36.4 Å². The van der Waals surface area contributed by atoms with Crippen LogP contribution < -0.4 is 44.7 Å². The van der Waals surface area contributed by atoms with E-state index in [0.717, 1.165) is 6.08 Å². The molecule has 0 heterocycles. The summed E-state index contributed by atoms with van der Waals surface area (Å²) >= 11 is 0. The molecule has 0 spiro atoms. The maximum absolute atomic E-state index is 11.2. The van der Waals surface area contributed by atoms with E-state index in [4.69, 9.17) is 4.74 Å². The molecule has 1 rings (SSSR count). The molecule has 0 aliphatic rings. The molecule has 84 valence electrons. The van der Waals surface area contributed by atoms with Gasteiger partial charge in [0.2, 0.25) is 5.91 Å². The van der Waals surface area contributed by atoms with E-state index < -0.39 is 11.9 Å². The Labute approximate surface area is 121 Å². The summed E-state index contributed by atoms with van der Waals surface area (Å²) in [6, 6.07) is 6.80. The van der Waals surface area contributed by atoms with Crippen LogP contribution in [-0.2, 0) is 9.59 Å². The van der Waals surface area contributed by atoms with E-state index >= 15 is 0 Å². The summed E-state index contributed by atoms with van der Waals surface area (Å²) in [6.07, 6.45) is 1.53. The molecule has 6 heteroatoms. The molecule has 0 saturated heterocycles. The molecule has 1 amide bonds. The van der Waals surface area contributed by atoms with Crippen molar-refractivity contribution in [1.82, 2.24) is 0 Å². The molecule has 0 aliphatic heterocycles. The van der Waals surface area contributed by atoms with Crippen LogP contribution in [0.2, 0.25) is 0 Å². The minimum absolute atomic E-state index is 0. The molecular formula is C11H10NNaO4. The molecule has 0 bridgehead atoms. The summed E-state index contributed by atoms with van der Waals surface area (Å²) in [6.45, 7) is 0. The number of carboxylic acid groups (broad SMARTS) is 1. The molecule has 0 aromatic heterocycles. The van der Waals surface area contributed by atoms with Crippen LogP contribution in [0.4, 0.5) is 5.69 Å². The number of para-hydroxylation sites is 2. The molecule has 17 heavy (non-hydrogen) atoms. The monoisotopic (exact) mass is 243 g/mol. The number of hydrogen-bond acceptors (Lipinski definition) is 4. The van der Waals surface area contributed by atoms with Gasteiger partial charge in [-0.2, -0.15) is 0 Å². The van der Waals surface area contributed by atoms with Gasteiger partial charge in [-0.25, -0.2) is 0 Å². The minimum atomic E-state index is -1.42. The average molecular weight is 243 g/mol. The summed E-state index contributed by atoms with van der Waals surface area (Å²) in [5.74, 6) is -1.48. The van der Waals surface area contributed by atoms with Gasteiger partial charge in [-0.3, -0.25) is 4.79 Å². The topological polar surface area (TPSA) is 78.5 Å². The van der Waals surface area contributed by atoms with Crippen molar-refractivity contribution in [1.29, 1.82) is 0 Å². The Balaban J connectivity index is 0.00000256. The summed E-state index contributed by atoms with van der Waals surface area (Å²) in [4.78, 5) is 21.3. The van der Waals surface area contributed by atoms with E-state index in [2.05, 4.69) is 5.32 Å². The van der Waals surface area contributed by atoms with Crippen LogP contribution in [0.1, 0.15) is 0 Å². The maximum atomic E-state index is 11.2. The molecule has 1 aromatic rings. The van der Waals surface area contributed by atoms with E-state index in [1.54, 1.807) is 24.3 Å². The molecule has 0 atom stereocenters. The van der Waals surface area contributed by atoms with Gasteiger partial charge in [0.05, 0.1) is 18.8 Å². The Bertz CT molecular complexity index is 431. The fourth-order valence-electron chi connectivity index (χ4n) is 1.07. The largest absolute Gasteiger partial charge is 1.00 e. The van der Waals surface area contributed by atoms with E-state index in [9.17, 15) is 14.7 Å². The van der Waals surface area contributed by atoms with Crippen molar-refractivity contribution >= 4 is 17.6 Å². The molecular weight excluding hydrogens is 233 g/mol. The maximum Gasteiger partial charge on any atom is 1.00 e. The van der Waals surface area contributed by atoms with Gasteiger partial charge in [0.15, 0.2) is 0 Å². The summed E-state index contributed by atoms with van der Waals surface area (Å²) in [5.41, 5.74) is 0.470. The van der Waals surface area contributed by atoms with Gasteiger partial charge in [0, 0.05) is 6.08 Å². The quantitative estimate of drug-likeness (QED) is 0.450. The number of carboxylic acids is 1. The van der Waals surface area contributed by atoms with E-state index in [-0.39, 0.29) is 29.6 Å². The van der Waals surface area contributed by atoms with Gasteiger partial charge in [-0.05, 0) is 18.2 Å². The second-order valence-corrected chi connectivity index (χ2v) is 2.84. The Hall–Kier alpha value is -1.30. The van der Waals surface area contributed by atoms with Gasteiger partial charge < -0.3 is 20.0 Å². The van der Waals surface area contributed by atoms with Crippen LogP contribution >= 0.6 is 0 Å². The van der Waals surface area contributed by atoms with Crippen LogP contribution in [0.15, 0.2) is 36.4 Å². The second-order valence-electron chi connectivity index (χ2n) is 2.84. The summed E-state index contributed by atoms with van der Waals surface area (Å²) in [5, 5.41) is 12.6. The standard InChI is InChI=1S/C11H11NO4.Na/c1-16-9-5-3-2-4-8(9)12-10(13)6-7-11(14)15;/h2-7H,1H3,(H,12,13)(H,14,15);/q;+1/p-1/b7-6+;. The number of aliphatic carboxylic acids is 1. The third-order valence-corrected chi connectivity index (χ3v) is 1.74. The van der Waals surface area contributed by atoms with Crippen LogP contribution in [-0.4, -0.2) is 19.0 Å². The third-order valence-electron chi connectivity index (χ3n) is 1.74. The van der Waals surface area contributed by atoms with Crippen LogP contribution in [0.3, 0.4) is 0 Å². The molecule has 0 aliphatic carbocycles. The van der Waals surface area contributed by atoms with E-state index in [1.807, 2.05) is 0 Å². The van der Waals surface area contributed by atoms with Crippen molar-refractivity contribution in [2.24, 2.45) is 0 Å². The number of amides is 1. The van der Waals surface area contributed by atoms with E-state index in [1.165, 1.54) is 7.11 Å². The number of rotatable bonds is 4. The van der Waals surface area contributed by atoms with Gasteiger partial charge in [-0.1, -0.05) is 12.1 Å². The molecule has 5 nitrogen and oxygen atoms in total. The number of carbonyl (C=O) groups is 2. The molecule has 0 radical (unpaired) electrons. The fraction of sp³-hybridized carbons (Fsp3) is 0.0909. The predicted molar refractivity (Wildman–Crippen MR) is 55.8 cm³/mol. The van der Waals surface area contributed by atoms with Gasteiger partial charge >= 0.3 is 29.6 Å². The van der Waals surface area contributed by atoms with Crippen molar-refractivity contribution < 1.29 is 49.0 Å². The predicted octanol–water partition coefficient (Wildman–Crippen LogP) is -3.06. The fourth-order valence-corrected chi connectivity index (χ4v) is 1.07. The van der Waals surface area contributed by atoms with Gasteiger partial charge in [-0.15, -0.1) is 0 Å². The zero-order valence-corrected chi connectivity index (χ0v) is 11.6. The van der Waals surface area contributed by atoms with Crippen molar-refractivity contribution in [3.8, 4) is 5.75 Å². The van der Waals surface area contributed by atoms with Crippen LogP contribution in [0, 0.1) is 0 Å². The Morgan fingerprint density at radius 3 is 2.53 bits per heavy atom. The Kier molecular flexibility index (Phi) is 7.29. The van der Waals surface area contributed by atoms with Gasteiger partial charge in [0.1, 0.15) is 5.75 Å². The second kappa shape index (κ2) is 7.89. The Morgan fingerprint density at radius 1 is 1.29 bits per heavy atom. The molecule has 1 aromatic carbocycles. The first-order valence-electron chi connectivity index (χ1n) is 4.46. The Morgan fingerprint density at radius 2 is 1.94 bits per heavy atom. The number of methoxy groups -OCH3 is 1. The molecule has 1 N–H and O–H groups in total. The normalized spacial score (nSPS) is 9.47. The smallest absolute Gasteiger partial charge is 0.545 e. The first kappa shape index (κ1) is 15.7. The number of hydrogen-bond donors (Lipinski definition) is 1. The molecule has 0 unspecified atom stereocenters. The first-order valence-corrected chi connectivity index (χ1v) is 4.46. The van der Waals surface area contributed by atoms with E-state index in [0.29, 0.717) is 17.5 Å². The third kappa shape index (κ3) is 5.53. The zero-order valence-electron chi connectivity index (χ0n) is 9.60. The number of benzene rings is 1. The minimum Gasteiger partial charge on any atom is -0.545 e. The molecule has 0 saturated carbocycles. The van der Waals surface area contributed by atoms with Crippen molar-refractivity contribution in [2.75, 3.05) is 12.4 Å². The van der Waals surface area contributed by atoms with Crippen molar-refractivity contribution in [2.45, 2.75) is 0 Å². The van der Waals surface area contributed by atoms with Gasteiger partial charge in [0.25, 0.3) is 0 Å². The summed E-state index contributed by atoms with van der Waals surface area (Å²) < 4.78 is 5.00. The SMILES string of the molecule is COc1ccccc1NC(=O)/C=C/C(=O)[O-].[Na+].